The number of anilines is 1. The fourth-order valence-corrected chi connectivity index (χ4v) is 2.71. The van der Waals surface area contributed by atoms with Crippen LogP contribution in [0.1, 0.15) is 20.8 Å². The molecule has 0 spiro atoms. The van der Waals surface area contributed by atoms with E-state index < -0.39 is 0 Å². The zero-order valence-corrected chi connectivity index (χ0v) is 11.9. The molecule has 1 unspecified atom stereocenters. The molecular formula is C15H23FN2O. The van der Waals surface area contributed by atoms with E-state index in [9.17, 15) is 4.39 Å². The van der Waals surface area contributed by atoms with E-state index in [2.05, 4.69) is 31.0 Å². The zero-order chi connectivity index (χ0) is 13.9. The van der Waals surface area contributed by atoms with E-state index in [0.717, 1.165) is 31.9 Å². The Morgan fingerprint density at radius 1 is 1.47 bits per heavy atom. The smallest absolute Gasteiger partial charge is 0.125 e. The standard InChI is InChI=1S/C15H23FN2O/c1-12-10-18(11-15(2,3)19-12)8-7-17-14-6-4-5-13(16)9-14/h4-6,9,12,17H,7-8,10-11H2,1-3H3. The first-order valence-corrected chi connectivity index (χ1v) is 6.84. The molecule has 1 fully saturated rings. The lowest BCUT2D eigenvalue weighted by molar-refractivity contribution is -0.127. The van der Waals surface area contributed by atoms with Crippen LogP contribution < -0.4 is 5.32 Å². The minimum atomic E-state index is -0.203. The van der Waals surface area contributed by atoms with Gasteiger partial charge in [0.15, 0.2) is 0 Å². The Balaban J connectivity index is 1.79. The summed E-state index contributed by atoms with van der Waals surface area (Å²) in [4.78, 5) is 2.39. The average molecular weight is 266 g/mol. The van der Waals surface area contributed by atoms with Crippen LogP contribution in [0.2, 0.25) is 0 Å². The van der Waals surface area contributed by atoms with Crippen molar-refractivity contribution in [2.75, 3.05) is 31.5 Å². The fraction of sp³-hybridized carbons (Fsp3) is 0.600. The lowest BCUT2D eigenvalue weighted by Gasteiger charge is -2.41. The van der Waals surface area contributed by atoms with E-state index in [1.54, 1.807) is 6.07 Å². The number of halogens is 1. The number of rotatable bonds is 4. The highest BCUT2D eigenvalue weighted by Crippen LogP contribution is 2.20. The fourth-order valence-electron chi connectivity index (χ4n) is 2.71. The molecule has 0 radical (unpaired) electrons. The third kappa shape index (κ3) is 4.48. The van der Waals surface area contributed by atoms with Crippen LogP contribution in [0, 0.1) is 5.82 Å². The minimum Gasteiger partial charge on any atom is -0.384 e. The molecule has 0 aliphatic carbocycles. The molecule has 19 heavy (non-hydrogen) atoms. The van der Waals surface area contributed by atoms with E-state index in [4.69, 9.17) is 4.74 Å². The van der Waals surface area contributed by atoms with Gasteiger partial charge in [-0.15, -0.1) is 0 Å². The summed E-state index contributed by atoms with van der Waals surface area (Å²) in [6, 6.07) is 6.58. The molecule has 1 aliphatic rings. The van der Waals surface area contributed by atoms with Crippen molar-refractivity contribution >= 4 is 5.69 Å². The normalized spacial score (nSPS) is 23.3. The summed E-state index contributed by atoms with van der Waals surface area (Å²) in [6.07, 6.45) is 0.262. The number of morpholine rings is 1. The molecule has 1 aromatic carbocycles. The van der Waals surface area contributed by atoms with E-state index in [1.165, 1.54) is 12.1 Å². The van der Waals surface area contributed by atoms with Crippen molar-refractivity contribution in [3.8, 4) is 0 Å². The number of benzene rings is 1. The van der Waals surface area contributed by atoms with Gasteiger partial charge in [-0.2, -0.15) is 0 Å². The molecule has 1 aromatic rings. The summed E-state index contributed by atoms with van der Waals surface area (Å²) in [5.74, 6) is -0.203. The zero-order valence-electron chi connectivity index (χ0n) is 11.9. The topological polar surface area (TPSA) is 24.5 Å². The first-order chi connectivity index (χ1) is 8.94. The number of hydrogen-bond donors (Lipinski definition) is 1. The highest BCUT2D eigenvalue weighted by molar-refractivity contribution is 5.42. The Kier molecular flexibility index (Phi) is 4.42. The van der Waals surface area contributed by atoms with Gasteiger partial charge in [-0.1, -0.05) is 6.07 Å². The molecule has 1 saturated heterocycles. The number of nitrogens with one attached hydrogen (secondary N) is 1. The van der Waals surface area contributed by atoms with E-state index >= 15 is 0 Å². The van der Waals surface area contributed by atoms with Crippen LogP contribution in [0.5, 0.6) is 0 Å². The molecule has 106 valence electrons. The van der Waals surface area contributed by atoms with Crippen molar-refractivity contribution in [1.29, 1.82) is 0 Å². The van der Waals surface area contributed by atoms with Crippen LogP contribution in [0.25, 0.3) is 0 Å². The lowest BCUT2D eigenvalue weighted by Crippen LogP contribution is -2.52. The second-order valence-corrected chi connectivity index (χ2v) is 5.86. The van der Waals surface area contributed by atoms with Crippen molar-refractivity contribution in [2.24, 2.45) is 0 Å². The van der Waals surface area contributed by atoms with Gasteiger partial charge in [0.25, 0.3) is 0 Å². The third-order valence-corrected chi connectivity index (χ3v) is 3.22. The summed E-state index contributed by atoms with van der Waals surface area (Å²) in [6.45, 7) is 9.98. The molecule has 1 heterocycles. The average Bonchev–Trinajstić information content (AvgIpc) is 2.26. The van der Waals surface area contributed by atoms with Gasteiger partial charge in [0.1, 0.15) is 5.82 Å². The maximum absolute atomic E-state index is 13.0. The van der Waals surface area contributed by atoms with Crippen molar-refractivity contribution in [3.05, 3.63) is 30.1 Å². The van der Waals surface area contributed by atoms with Gasteiger partial charge >= 0.3 is 0 Å². The maximum atomic E-state index is 13.0. The Morgan fingerprint density at radius 2 is 2.26 bits per heavy atom. The molecule has 1 atom stereocenters. The van der Waals surface area contributed by atoms with E-state index in [-0.39, 0.29) is 17.5 Å². The van der Waals surface area contributed by atoms with Gasteiger partial charge in [-0.05, 0) is 39.0 Å². The molecular weight excluding hydrogens is 243 g/mol. The van der Waals surface area contributed by atoms with Crippen LogP contribution in [0.3, 0.4) is 0 Å². The van der Waals surface area contributed by atoms with Crippen LogP contribution in [-0.2, 0) is 4.74 Å². The summed E-state index contributed by atoms with van der Waals surface area (Å²) < 4.78 is 18.9. The summed E-state index contributed by atoms with van der Waals surface area (Å²) >= 11 is 0. The SMILES string of the molecule is CC1CN(CCNc2cccc(F)c2)CC(C)(C)O1. The van der Waals surface area contributed by atoms with Gasteiger partial charge in [-0.25, -0.2) is 4.39 Å². The number of hydrogen-bond acceptors (Lipinski definition) is 3. The Bertz CT molecular complexity index is 422. The monoisotopic (exact) mass is 266 g/mol. The lowest BCUT2D eigenvalue weighted by atomic mass is 10.1. The predicted octanol–water partition coefficient (Wildman–Crippen LogP) is 2.74. The molecule has 0 aromatic heterocycles. The number of ether oxygens (including phenoxy) is 1. The van der Waals surface area contributed by atoms with Gasteiger partial charge in [0, 0.05) is 31.9 Å². The molecule has 0 saturated carbocycles. The van der Waals surface area contributed by atoms with Gasteiger partial charge in [0.05, 0.1) is 11.7 Å². The Morgan fingerprint density at radius 3 is 2.95 bits per heavy atom. The third-order valence-electron chi connectivity index (χ3n) is 3.22. The number of nitrogens with zero attached hydrogens (tertiary/aromatic N) is 1. The van der Waals surface area contributed by atoms with E-state index in [0.29, 0.717) is 0 Å². The van der Waals surface area contributed by atoms with Crippen molar-refractivity contribution in [2.45, 2.75) is 32.5 Å². The molecule has 4 heteroatoms. The van der Waals surface area contributed by atoms with Crippen LogP contribution in [0.4, 0.5) is 10.1 Å². The predicted molar refractivity (Wildman–Crippen MR) is 76.0 cm³/mol. The van der Waals surface area contributed by atoms with Gasteiger partial charge in [-0.3, -0.25) is 4.90 Å². The largest absolute Gasteiger partial charge is 0.384 e. The van der Waals surface area contributed by atoms with Crippen LogP contribution in [0.15, 0.2) is 24.3 Å². The van der Waals surface area contributed by atoms with Crippen molar-refractivity contribution in [3.63, 3.8) is 0 Å². The van der Waals surface area contributed by atoms with E-state index in [1.807, 2.05) is 6.07 Å². The first kappa shape index (κ1) is 14.3. The summed E-state index contributed by atoms with van der Waals surface area (Å²) in [5, 5.41) is 3.25. The van der Waals surface area contributed by atoms with Crippen molar-refractivity contribution in [1.82, 2.24) is 4.90 Å². The highest BCUT2D eigenvalue weighted by atomic mass is 19.1. The Hall–Kier alpha value is -1.13. The molecule has 0 amide bonds. The van der Waals surface area contributed by atoms with Gasteiger partial charge in [0.2, 0.25) is 0 Å². The second-order valence-electron chi connectivity index (χ2n) is 5.86. The first-order valence-electron chi connectivity index (χ1n) is 6.84. The molecule has 3 nitrogen and oxygen atoms in total. The molecule has 2 rings (SSSR count). The molecule has 0 bridgehead atoms. The van der Waals surface area contributed by atoms with Crippen LogP contribution in [-0.4, -0.2) is 42.8 Å². The quantitative estimate of drug-likeness (QED) is 0.907. The molecule has 1 aliphatic heterocycles. The summed E-state index contributed by atoms with van der Waals surface area (Å²) in [5.41, 5.74) is 0.747. The molecule has 1 N–H and O–H groups in total. The van der Waals surface area contributed by atoms with Crippen molar-refractivity contribution < 1.29 is 9.13 Å². The van der Waals surface area contributed by atoms with Crippen LogP contribution >= 0.6 is 0 Å². The second kappa shape index (κ2) is 5.88. The highest BCUT2D eigenvalue weighted by Gasteiger charge is 2.30. The maximum Gasteiger partial charge on any atom is 0.125 e. The Labute approximate surface area is 114 Å². The minimum absolute atomic E-state index is 0.0868. The summed E-state index contributed by atoms with van der Waals surface area (Å²) in [7, 11) is 0. The van der Waals surface area contributed by atoms with Gasteiger partial charge < -0.3 is 10.1 Å².